The Morgan fingerprint density at radius 1 is 1.04 bits per heavy atom. The molecule has 1 aliphatic heterocycles. The summed E-state index contributed by atoms with van der Waals surface area (Å²) in [4.78, 5) is 23.0. The molecular weight excluding hydrogens is 356 g/mol. The van der Waals surface area contributed by atoms with Crippen molar-refractivity contribution in [1.29, 1.82) is 0 Å². The maximum atomic E-state index is 11.6. The van der Waals surface area contributed by atoms with Gasteiger partial charge in [-0.05, 0) is 74.3 Å². The Balaban J connectivity index is 1.43. The van der Waals surface area contributed by atoms with Gasteiger partial charge in [0, 0.05) is 24.7 Å². The molecule has 0 spiro atoms. The summed E-state index contributed by atoms with van der Waals surface area (Å²) >= 11 is 0. The van der Waals surface area contributed by atoms with Crippen molar-refractivity contribution in [1.82, 2.24) is 0 Å². The van der Waals surface area contributed by atoms with Crippen molar-refractivity contribution in [3.63, 3.8) is 0 Å². The Morgan fingerprint density at radius 3 is 2.57 bits per heavy atom. The van der Waals surface area contributed by atoms with Gasteiger partial charge in [0.15, 0.2) is 0 Å². The lowest BCUT2D eigenvalue weighted by atomic mass is 9.47. The Bertz CT molecular complexity index is 729. The summed E-state index contributed by atoms with van der Waals surface area (Å²) in [6.07, 6.45) is 9.89. The van der Waals surface area contributed by atoms with Crippen molar-refractivity contribution in [3.8, 4) is 0 Å². The molecule has 5 rings (SSSR count). The van der Waals surface area contributed by atoms with Gasteiger partial charge in [0.05, 0.1) is 12.7 Å². The third-order valence-electron chi connectivity index (χ3n) is 8.88. The van der Waals surface area contributed by atoms with Crippen molar-refractivity contribution in [2.24, 2.45) is 28.6 Å². The van der Waals surface area contributed by atoms with E-state index < -0.39 is 0 Å². The molecule has 4 aliphatic carbocycles. The molecule has 28 heavy (non-hydrogen) atoms. The van der Waals surface area contributed by atoms with E-state index >= 15 is 0 Å². The lowest BCUT2D eigenvalue weighted by Crippen LogP contribution is -2.53. The van der Waals surface area contributed by atoms with E-state index in [1.165, 1.54) is 25.8 Å². The number of hydrogen-bond donors (Lipinski definition) is 0. The summed E-state index contributed by atoms with van der Waals surface area (Å²) in [6.45, 7) is 6.22. The molecule has 2 bridgehead atoms. The predicted molar refractivity (Wildman–Crippen MR) is 102 cm³/mol. The third-order valence-corrected chi connectivity index (χ3v) is 8.88. The second-order valence-corrected chi connectivity index (χ2v) is 10.1. The van der Waals surface area contributed by atoms with Gasteiger partial charge in [-0.25, -0.2) is 0 Å². The van der Waals surface area contributed by atoms with Crippen LogP contribution < -0.4 is 0 Å². The van der Waals surface area contributed by atoms with Crippen molar-refractivity contribution >= 4 is 11.9 Å². The monoisotopic (exact) mass is 388 g/mol. The SMILES string of the molecule is CC(=O)O[C@H]1CC[C@H]2[C@@H]3C[C@H]4OC[C@@]5(CC[C@@H](OC(C)=O)C=C45)[C@H]3CC[C@]12C. The summed E-state index contributed by atoms with van der Waals surface area (Å²) in [5.41, 5.74) is 1.67. The second kappa shape index (κ2) is 6.32. The lowest BCUT2D eigenvalue weighted by Gasteiger charge is -2.57. The van der Waals surface area contributed by atoms with Gasteiger partial charge in [0.25, 0.3) is 0 Å². The number of fused-ring (bicyclic) bond motifs is 3. The highest BCUT2D eigenvalue weighted by molar-refractivity contribution is 5.66. The van der Waals surface area contributed by atoms with Crippen molar-refractivity contribution in [3.05, 3.63) is 11.6 Å². The smallest absolute Gasteiger partial charge is 0.303 e. The Hall–Kier alpha value is -1.36. The molecule has 0 radical (unpaired) electrons. The van der Waals surface area contributed by atoms with Crippen molar-refractivity contribution in [2.45, 2.75) is 84.0 Å². The maximum Gasteiger partial charge on any atom is 0.303 e. The van der Waals surface area contributed by atoms with Crippen molar-refractivity contribution < 1.29 is 23.8 Å². The van der Waals surface area contributed by atoms with Crippen LogP contribution in [0, 0.1) is 28.6 Å². The highest BCUT2D eigenvalue weighted by Crippen LogP contribution is 2.68. The molecule has 0 amide bonds. The first-order chi connectivity index (χ1) is 13.3. The number of carbonyl (C=O) groups excluding carboxylic acids is 2. The molecule has 0 aromatic carbocycles. The topological polar surface area (TPSA) is 61.8 Å². The normalized spacial score (nSPS) is 48.8. The van der Waals surface area contributed by atoms with Crippen LogP contribution in [0.3, 0.4) is 0 Å². The van der Waals surface area contributed by atoms with Crippen LogP contribution in [0.1, 0.15) is 65.7 Å². The Morgan fingerprint density at radius 2 is 1.82 bits per heavy atom. The van der Waals surface area contributed by atoms with E-state index in [0.29, 0.717) is 17.8 Å². The molecule has 3 saturated carbocycles. The molecule has 4 fully saturated rings. The van der Waals surface area contributed by atoms with Gasteiger partial charge in [0.1, 0.15) is 12.2 Å². The van der Waals surface area contributed by atoms with E-state index in [-0.39, 0.29) is 41.1 Å². The molecule has 0 aromatic rings. The van der Waals surface area contributed by atoms with Crippen LogP contribution in [0.4, 0.5) is 0 Å². The van der Waals surface area contributed by atoms with E-state index in [9.17, 15) is 9.59 Å². The molecule has 8 atom stereocenters. The number of ether oxygens (including phenoxy) is 3. The fourth-order valence-corrected chi connectivity index (χ4v) is 7.82. The lowest BCUT2D eigenvalue weighted by molar-refractivity contribution is -0.157. The average molecular weight is 389 g/mol. The van der Waals surface area contributed by atoms with Gasteiger partial charge in [-0.1, -0.05) is 6.92 Å². The van der Waals surface area contributed by atoms with Crippen LogP contribution in [0.25, 0.3) is 0 Å². The highest BCUT2D eigenvalue weighted by atomic mass is 16.5. The first kappa shape index (κ1) is 18.7. The first-order valence-corrected chi connectivity index (χ1v) is 11.0. The quantitative estimate of drug-likeness (QED) is 0.532. The molecular formula is C23H32O5. The minimum absolute atomic E-state index is 0.0728. The number of rotatable bonds is 2. The zero-order valence-corrected chi connectivity index (χ0v) is 17.2. The summed E-state index contributed by atoms with van der Waals surface area (Å²) in [5, 5.41) is 0. The van der Waals surface area contributed by atoms with E-state index in [4.69, 9.17) is 14.2 Å². The van der Waals surface area contributed by atoms with Crippen LogP contribution >= 0.6 is 0 Å². The average Bonchev–Trinajstić information content (AvgIpc) is 3.09. The summed E-state index contributed by atoms with van der Waals surface area (Å²) in [7, 11) is 0. The zero-order valence-electron chi connectivity index (χ0n) is 17.2. The van der Waals surface area contributed by atoms with Gasteiger partial charge < -0.3 is 14.2 Å². The van der Waals surface area contributed by atoms with E-state index in [2.05, 4.69) is 13.0 Å². The van der Waals surface area contributed by atoms with E-state index in [1.54, 1.807) is 0 Å². The second-order valence-electron chi connectivity index (χ2n) is 10.1. The Kier molecular flexibility index (Phi) is 4.21. The minimum atomic E-state index is -0.198. The van der Waals surface area contributed by atoms with Gasteiger partial charge in [0.2, 0.25) is 0 Å². The van der Waals surface area contributed by atoms with Crippen LogP contribution in [-0.2, 0) is 23.8 Å². The summed E-state index contributed by atoms with van der Waals surface area (Å²) in [6, 6.07) is 0. The molecule has 5 aliphatic rings. The maximum absolute atomic E-state index is 11.6. The molecule has 1 saturated heterocycles. The molecule has 0 N–H and O–H groups in total. The number of esters is 2. The molecule has 5 nitrogen and oxygen atoms in total. The van der Waals surface area contributed by atoms with Gasteiger partial charge in [-0.2, -0.15) is 0 Å². The summed E-state index contributed by atoms with van der Waals surface area (Å²) in [5.74, 6) is 1.56. The zero-order chi connectivity index (χ0) is 19.7. The first-order valence-electron chi connectivity index (χ1n) is 11.0. The minimum Gasteiger partial charge on any atom is -0.462 e. The van der Waals surface area contributed by atoms with Crippen LogP contribution in [0.5, 0.6) is 0 Å². The van der Waals surface area contributed by atoms with Gasteiger partial charge in [-0.15, -0.1) is 0 Å². The fraction of sp³-hybridized carbons (Fsp3) is 0.826. The molecule has 154 valence electrons. The van der Waals surface area contributed by atoms with Crippen LogP contribution in [0.15, 0.2) is 11.6 Å². The van der Waals surface area contributed by atoms with Crippen LogP contribution in [-0.4, -0.2) is 36.9 Å². The van der Waals surface area contributed by atoms with Gasteiger partial charge >= 0.3 is 11.9 Å². The number of hydrogen-bond acceptors (Lipinski definition) is 5. The Labute approximate surface area is 167 Å². The van der Waals surface area contributed by atoms with Gasteiger partial charge in [-0.3, -0.25) is 9.59 Å². The standard InChI is InChI=1S/C23H32O5/c1-13(24)27-15-6-9-23-12-26-20(19(23)10-15)11-16-17-4-5-21(28-14(2)25)22(17,3)8-7-18(16)23/h10,15-18,20-21H,4-9,11-12H2,1-3H3/t15-,16+,17+,18+,20-,21+,22+,23+/m1/s1. The third kappa shape index (κ3) is 2.54. The highest BCUT2D eigenvalue weighted by Gasteiger charge is 2.65. The summed E-state index contributed by atoms with van der Waals surface area (Å²) < 4.78 is 17.6. The largest absolute Gasteiger partial charge is 0.462 e. The van der Waals surface area contributed by atoms with Crippen molar-refractivity contribution in [2.75, 3.05) is 6.61 Å². The fourth-order valence-electron chi connectivity index (χ4n) is 7.82. The molecule has 5 heteroatoms. The molecule has 0 aromatic heterocycles. The predicted octanol–water partition coefficient (Wildman–Crippen LogP) is 3.80. The number of carbonyl (C=O) groups is 2. The van der Waals surface area contributed by atoms with E-state index in [0.717, 1.165) is 45.1 Å². The molecule has 1 heterocycles. The van der Waals surface area contributed by atoms with Crippen LogP contribution in [0.2, 0.25) is 0 Å². The van der Waals surface area contributed by atoms with E-state index in [1.807, 2.05) is 0 Å². The molecule has 0 unspecified atom stereocenters.